The smallest absolute Gasteiger partial charge is 0.125 e. The van der Waals surface area contributed by atoms with Gasteiger partial charge in [0.25, 0.3) is 0 Å². The maximum atomic E-state index is 13.4. The van der Waals surface area contributed by atoms with Crippen LogP contribution in [0.1, 0.15) is 58.1 Å². The highest BCUT2D eigenvalue weighted by Gasteiger charge is 2.36. The standard InChI is InChI=1S/C16H24FNO/c1-4-8-16(3)11-14(18-9-5-2)13-10-12(17)6-7-15(13)19-16/h6-7,10,14,18H,4-5,8-9,11H2,1-3H3. The van der Waals surface area contributed by atoms with E-state index in [-0.39, 0.29) is 17.5 Å². The Balaban J connectivity index is 2.29. The zero-order valence-electron chi connectivity index (χ0n) is 12.1. The van der Waals surface area contributed by atoms with E-state index in [0.717, 1.165) is 43.5 Å². The summed E-state index contributed by atoms with van der Waals surface area (Å²) in [7, 11) is 0. The van der Waals surface area contributed by atoms with Crippen LogP contribution in [0.25, 0.3) is 0 Å². The third-order valence-electron chi connectivity index (χ3n) is 3.76. The Hall–Kier alpha value is -1.09. The molecule has 1 N–H and O–H groups in total. The van der Waals surface area contributed by atoms with Gasteiger partial charge < -0.3 is 10.1 Å². The van der Waals surface area contributed by atoms with E-state index in [1.54, 1.807) is 12.1 Å². The molecule has 3 heteroatoms. The van der Waals surface area contributed by atoms with Gasteiger partial charge in [-0.1, -0.05) is 20.3 Å². The van der Waals surface area contributed by atoms with Gasteiger partial charge in [0.1, 0.15) is 17.2 Å². The van der Waals surface area contributed by atoms with Crippen LogP contribution in [0.3, 0.4) is 0 Å². The van der Waals surface area contributed by atoms with E-state index in [4.69, 9.17) is 4.74 Å². The molecule has 0 saturated carbocycles. The van der Waals surface area contributed by atoms with Crippen LogP contribution in [-0.4, -0.2) is 12.1 Å². The van der Waals surface area contributed by atoms with E-state index >= 15 is 0 Å². The lowest BCUT2D eigenvalue weighted by Crippen LogP contribution is -2.42. The number of rotatable bonds is 5. The number of hydrogen-bond acceptors (Lipinski definition) is 2. The largest absolute Gasteiger partial charge is 0.487 e. The predicted octanol–water partition coefficient (Wildman–Crippen LogP) is 4.21. The lowest BCUT2D eigenvalue weighted by molar-refractivity contribution is 0.0388. The van der Waals surface area contributed by atoms with E-state index in [2.05, 4.69) is 26.1 Å². The lowest BCUT2D eigenvalue weighted by Gasteiger charge is -2.40. The Morgan fingerprint density at radius 3 is 2.84 bits per heavy atom. The number of hydrogen-bond donors (Lipinski definition) is 1. The second kappa shape index (κ2) is 5.91. The molecule has 0 aliphatic carbocycles. The average Bonchev–Trinajstić information content (AvgIpc) is 2.37. The Bertz CT molecular complexity index is 435. The summed E-state index contributed by atoms with van der Waals surface area (Å²) in [4.78, 5) is 0. The maximum absolute atomic E-state index is 13.4. The fourth-order valence-corrected chi connectivity index (χ4v) is 2.92. The summed E-state index contributed by atoms with van der Waals surface area (Å²) in [5.41, 5.74) is 0.812. The molecular formula is C16H24FNO. The van der Waals surface area contributed by atoms with Crippen LogP contribution in [0, 0.1) is 5.82 Å². The highest BCUT2D eigenvalue weighted by atomic mass is 19.1. The van der Waals surface area contributed by atoms with Gasteiger partial charge in [-0.05, 0) is 44.5 Å². The quantitative estimate of drug-likeness (QED) is 0.861. The van der Waals surface area contributed by atoms with Crippen LogP contribution in [0.4, 0.5) is 4.39 Å². The van der Waals surface area contributed by atoms with Crippen LogP contribution in [0.2, 0.25) is 0 Å². The molecule has 0 radical (unpaired) electrons. The molecule has 0 bridgehead atoms. The summed E-state index contributed by atoms with van der Waals surface area (Å²) in [5, 5.41) is 3.52. The number of halogens is 1. The van der Waals surface area contributed by atoms with Crippen molar-refractivity contribution in [1.82, 2.24) is 5.32 Å². The second-order valence-corrected chi connectivity index (χ2v) is 5.69. The Labute approximate surface area is 115 Å². The third-order valence-corrected chi connectivity index (χ3v) is 3.76. The molecule has 2 rings (SSSR count). The molecule has 1 aliphatic rings. The minimum Gasteiger partial charge on any atom is -0.487 e. The zero-order valence-corrected chi connectivity index (χ0v) is 12.1. The molecule has 1 aromatic rings. The normalized spacial score (nSPS) is 25.8. The molecular weight excluding hydrogens is 241 g/mol. The molecule has 0 amide bonds. The molecule has 0 spiro atoms. The van der Waals surface area contributed by atoms with Gasteiger partial charge in [-0.25, -0.2) is 4.39 Å². The summed E-state index contributed by atoms with van der Waals surface area (Å²) in [6, 6.07) is 5.04. The Morgan fingerprint density at radius 2 is 2.16 bits per heavy atom. The third kappa shape index (κ3) is 3.27. The number of benzene rings is 1. The van der Waals surface area contributed by atoms with Gasteiger partial charge in [0.05, 0.1) is 0 Å². The van der Waals surface area contributed by atoms with E-state index in [1.165, 1.54) is 6.07 Å². The molecule has 1 aromatic carbocycles. The van der Waals surface area contributed by atoms with Crippen molar-refractivity contribution in [2.75, 3.05) is 6.54 Å². The molecule has 2 atom stereocenters. The molecule has 1 aliphatic heterocycles. The molecule has 106 valence electrons. The molecule has 0 aromatic heterocycles. The minimum absolute atomic E-state index is 0.148. The van der Waals surface area contributed by atoms with Gasteiger partial charge in [-0.3, -0.25) is 0 Å². The van der Waals surface area contributed by atoms with Crippen LogP contribution < -0.4 is 10.1 Å². The van der Waals surface area contributed by atoms with Crippen LogP contribution in [0.15, 0.2) is 18.2 Å². The van der Waals surface area contributed by atoms with Crippen molar-refractivity contribution in [2.45, 2.75) is 58.1 Å². The first-order valence-corrected chi connectivity index (χ1v) is 7.30. The Morgan fingerprint density at radius 1 is 1.37 bits per heavy atom. The van der Waals surface area contributed by atoms with E-state index < -0.39 is 0 Å². The highest BCUT2D eigenvalue weighted by Crippen LogP contribution is 2.41. The molecule has 19 heavy (non-hydrogen) atoms. The van der Waals surface area contributed by atoms with Crippen LogP contribution in [-0.2, 0) is 0 Å². The Kier molecular flexibility index (Phi) is 4.46. The first-order valence-electron chi connectivity index (χ1n) is 7.30. The number of nitrogens with one attached hydrogen (secondary N) is 1. The summed E-state index contributed by atoms with van der Waals surface area (Å²) < 4.78 is 19.6. The van der Waals surface area contributed by atoms with Gasteiger partial charge in [-0.2, -0.15) is 0 Å². The van der Waals surface area contributed by atoms with Gasteiger partial charge in [0.2, 0.25) is 0 Å². The summed E-state index contributed by atoms with van der Waals surface area (Å²) >= 11 is 0. The van der Waals surface area contributed by atoms with Crippen molar-refractivity contribution in [3.05, 3.63) is 29.6 Å². The SMILES string of the molecule is CCCNC1CC(C)(CCC)Oc2ccc(F)cc21. The molecule has 0 fully saturated rings. The van der Waals surface area contributed by atoms with Crippen molar-refractivity contribution < 1.29 is 9.13 Å². The van der Waals surface area contributed by atoms with E-state index in [0.29, 0.717) is 0 Å². The van der Waals surface area contributed by atoms with E-state index in [9.17, 15) is 4.39 Å². The fourth-order valence-electron chi connectivity index (χ4n) is 2.92. The fraction of sp³-hybridized carbons (Fsp3) is 0.625. The molecule has 2 unspecified atom stereocenters. The maximum Gasteiger partial charge on any atom is 0.125 e. The average molecular weight is 265 g/mol. The number of fused-ring (bicyclic) bond motifs is 1. The summed E-state index contributed by atoms with van der Waals surface area (Å²) in [5.74, 6) is 0.641. The monoisotopic (exact) mass is 265 g/mol. The lowest BCUT2D eigenvalue weighted by atomic mass is 9.85. The van der Waals surface area contributed by atoms with Crippen molar-refractivity contribution in [1.29, 1.82) is 0 Å². The van der Waals surface area contributed by atoms with Crippen molar-refractivity contribution in [3.63, 3.8) is 0 Å². The van der Waals surface area contributed by atoms with E-state index in [1.807, 2.05) is 0 Å². The highest BCUT2D eigenvalue weighted by molar-refractivity contribution is 5.39. The first kappa shape index (κ1) is 14.3. The van der Waals surface area contributed by atoms with Gasteiger partial charge in [0.15, 0.2) is 0 Å². The number of ether oxygens (including phenoxy) is 1. The van der Waals surface area contributed by atoms with Gasteiger partial charge in [-0.15, -0.1) is 0 Å². The van der Waals surface area contributed by atoms with Gasteiger partial charge in [0, 0.05) is 18.0 Å². The van der Waals surface area contributed by atoms with Gasteiger partial charge >= 0.3 is 0 Å². The van der Waals surface area contributed by atoms with Crippen LogP contribution >= 0.6 is 0 Å². The second-order valence-electron chi connectivity index (χ2n) is 5.69. The predicted molar refractivity (Wildman–Crippen MR) is 76.0 cm³/mol. The zero-order chi connectivity index (χ0) is 13.9. The van der Waals surface area contributed by atoms with Crippen molar-refractivity contribution >= 4 is 0 Å². The molecule has 1 heterocycles. The summed E-state index contributed by atoms with van der Waals surface area (Å²) in [6.45, 7) is 7.42. The summed E-state index contributed by atoms with van der Waals surface area (Å²) in [6.07, 6.45) is 4.09. The van der Waals surface area contributed by atoms with Crippen molar-refractivity contribution in [2.24, 2.45) is 0 Å². The van der Waals surface area contributed by atoms with Crippen LogP contribution in [0.5, 0.6) is 5.75 Å². The first-order chi connectivity index (χ1) is 9.08. The van der Waals surface area contributed by atoms with Crippen molar-refractivity contribution in [3.8, 4) is 5.75 Å². The minimum atomic E-state index is -0.190. The topological polar surface area (TPSA) is 21.3 Å². The molecule has 2 nitrogen and oxygen atoms in total. The molecule has 0 saturated heterocycles.